The van der Waals surface area contributed by atoms with Crippen molar-refractivity contribution in [1.29, 1.82) is 0 Å². The minimum absolute atomic E-state index is 0.693. The van der Waals surface area contributed by atoms with E-state index in [1.807, 2.05) is 25.1 Å². The molecular weight excluding hydrogens is 200 g/mol. The zero-order valence-corrected chi connectivity index (χ0v) is 9.95. The Balaban J connectivity index is 3.10. The van der Waals surface area contributed by atoms with E-state index in [-0.39, 0.29) is 0 Å². The number of aryl methyl sites for hydroxylation is 1. The number of rotatable bonds is 6. The summed E-state index contributed by atoms with van der Waals surface area (Å²) in [4.78, 5) is 10.8. The summed E-state index contributed by atoms with van der Waals surface area (Å²) in [6.07, 6.45) is 4.38. The lowest BCUT2D eigenvalue weighted by molar-refractivity contribution is 0.112. The van der Waals surface area contributed by atoms with Crippen molar-refractivity contribution >= 4 is 6.29 Å². The van der Waals surface area contributed by atoms with E-state index in [4.69, 9.17) is 4.74 Å². The minimum atomic E-state index is 0.693. The number of ether oxygens (including phenoxy) is 1. The summed E-state index contributed by atoms with van der Waals surface area (Å²) < 4.78 is 5.71. The Morgan fingerprint density at radius 1 is 1.44 bits per heavy atom. The number of hydrogen-bond donors (Lipinski definition) is 0. The summed E-state index contributed by atoms with van der Waals surface area (Å²) in [5.74, 6) is 0.896. The SMILES string of the molecule is C=CCc1cc(C=O)cc(C)c1OCCC. The van der Waals surface area contributed by atoms with Crippen LogP contribution in [0.5, 0.6) is 5.75 Å². The van der Waals surface area contributed by atoms with Gasteiger partial charge in [0.1, 0.15) is 12.0 Å². The first kappa shape index (κ1) is 12.5. The molecule has 0 aromatic heterocycles. The summed E-state index contributed by atoms with van der Waals surface area (Å²) >= 11 is 0. The molecule has 0 saturated carbocycles. The van der Waals surface area contributed by atoms with E-state index < -0.39 is 0 Å². The molecule has 1 rings (SSSR count). The van der Waals surface area contributed by atoms with E-state index in [0.29, 0.717) is 12.2 Å². The molecule has 0 unspecified atom stereocenters. The summed E-state index contributed by atoms with van der Waals surface area (Å²) in [6.45, 7) is 8.45. The van der Waals surface area contributed by atoms with Crippen LogP contribution in [-0.4, -0.2) is 12.9 Å². The van der Waals surface area contributed by atoms with E-state index in [2.05, 4.69) is 13.5 Å². The zero-order chi connectivity index (χ0) is 12.0. The molecule has 0 N–H and O–H groups in total. The van der Waals surface area contributed by atoms with Crippen LogP contribution in [0.25, 0.3) is 0 Å². The van der Waals surface area contributed by atoms with Gasteiger partial charge in [-0.15, -0.1) is 6.58 Å². The number of hydrogen-bond acceptors (Lipinski definition) is 2. The fraction of sp³-hybridized carbons (Fsp3) is 0.357. The summed E-state index contributed by atoms with van der Waals surface area (Å²) in [7, 11) is 0. The van der Waals surface area contributed by atoms with Gasteiger partial charge in [0.15, 0.2) is 0 Å². The highest BCUT2D eigenvalue weighted by Crippen LogP contribution is 2.26. The maximum absolute atomic E-state index is 10.8. The summed E-state index contributed by atoms with van der Waals surface area (Å²) in [6, 6.07) is 3.72. The Kier molecular flexibility index (Phi) is 4.77. The van der Waals surface area contributed by atoms with Gasteiger partial charge in [-0.1, -0.05) is 13.0 Å². The first-order valence-electron chi connectivity index (χ1n) is 5.55. The molecule has 0 heterocycles. The summed E-state index contributed by atoms with van der Waals surface area (Å²) in [5, 5.41) is 0. The number of benzene rings is 1. The van der Waals surface area contributed by atoms with Crippen molar-refractivity contribution in [2.45, 2.75) is 26.7 Å². The highest BCUT2D eigenvalue weighted by atomic mass is 16.5. The standard InChI is InChI=1S/C14H18O2/c1-4-6-13-9-12(10-15)8-11(3)14(13)16-7-5-2/h4,8-10H,1,5-7H2,2-3H3. The predicted molar refractivity (Wildman–Crippen MR) is 66.3 cm³/mol. The molecule has 0 aliphatic heterocycles. The second-order valence-corrected chi connectivity index (χ2v) is 3.79. The normalized spacial score (nSPS) is 9.88. The molecule has 86 valence electrons. The van der Waals surface area contributed by atoms with Crippen molar-refractivity contribution in [2.75, 3.05) is 6.61 Å². The number of allylic oxidation sites excluding steroid dienone is 1. The van der Waals surface area contributed by atoms with Gasteiger partial charge in [0, 0.05) is 5.56 Å². The van der Waals surface area contributed by atoms with E-state index >= 15 is 0 Å². The van der Waals surface area contributed by atoms with Gasteiger partial charge in [0.25, 0.3) is 0 Å². The van der Waals surface area contributed by atoms with Crippen LogP contribution in [0.15, 0.2) is 24.8 Å². The van der Waals surface area contributed by atoms with Gasteiger partial charge < -0.3 is 4.74 Å². The lowest BCUT2D eigenvalue weighted by atomic mass is 10.0. The van der Waals surface area contributed by atoms with Crippen LogP contribution in [-0.2, 0) is 6.42 Å². The molecule has 0 atom stereocenters. The van der Waals surface area contributed by atoms with Crippen LogP contribution in [0.2, 0.25) is 0 Å². The lowest BCUT2D eigenvalue weighted by Crippen LogP contribution is -2.02. The van der Waals surface area contributed by atoms with Gasteiger partial charge in [-0.25, -0.2) is 0 Å². The molecule has 2 nitrogen and oxygen atoms in total. The molecule has 2 heteroatoms. The first-order valence-corrected chi connectivity index (χ1v) is 5.55. The fourth-order valence-electron chi connectivity index (χ4n) is 1.66. The number of aldehydes is 1. The molecule has 0 fully saturated rings. The molecule has 0 saturated heterocycles. The largest absolute Gasteiger partial charge is 0.493 e. The monoisotopic (exact) mass is 218 g/mol. The molecule has 0 spiro atoms. The van der Waals surface area contributed by atoms with Crippen molar-refractivity contribution in [2.24, 2.45) is 0 Å². The second kappa shape index (κ2) is 6.11. The Morgan fingerprint density at radius 3 is 2.75 bits per heavy atom. The molecule has 16 heavy (non-hydrogen) atoms. The van der Waals surface area contributed by atoms with Gasteiger partial charge in [-0.2, -0.15) is 0 Å². The molecule has 0 aliphatic rings. The second-order valence-electron chi connectivity index (χ2n) is 3.79. The van der Waals surface area contributed by atoms with Crippen molar-refractivity contribution in [3.8, 4) is 5.75 Å². The van der Waals surface area contributed by atoms with Gasteiger partial charge in [0.05, 0.1) is 6.61 Å². The topological polar surface area (TPSA) is 26.3 Å². The summed E-state index contributed by atoms with van der Waals surface area (Å²) in [5.41, 5.74) is 2.73. The van der Waals surface area contributed by atoms with Gasteiger partial charge in [0.2, 0.25) is 0 Å². The molecule has 1 aromatic rings. The average molecular weight is 218 g/mol. The molecular formula is C14H18O2. The average Bonchev–Trinajstić information content (AvgIpc) is 2.28. The van der Waals surface area contributed by atoms with Crippen molar-refractivity contribution < 1.29 is 9.53 Å². The third kappa shape index (κ3) is 2.96. The fourth-order valence-corrected chi connectivity index (χ4v) is 1.66. The van der Waals surface area contributed by atoms with E-state index in [1.54, 1.807) is 0 Å². The van der Waals surface area contributed by atoms with Crippen LogP contribution in [0, 0.1) is 6.92 Å². The Bertz CT molecular complexity index is 381. The zero-order valence-electron chi connectivity index (χ0n) is 9.95. The first-order chi connectivity index (χ1) is 7.72. The highest BCUT2D eigenvalue weighted by Gasteiger charge is 2.08. The molecule has 0 bridgehead atoms. The third-order valence-electron chi connectivity index (χ3n) is 2.32. The van der Waals surface area contributed by atoms with Gasteiger partial charge >= 0.3 is 0 Å². The van der Waals surface area contributed by atoms with Crippen molar-refractivity contribution in [1.82, 2.24) is 0 Å². The van der Waals surface area contributed by atoms with Crippen LogP contribution >= 0.6 is 0 Å². The Morgan fingerprint density at radius 2 is 2.19 bits per heavy atom. The number of carbonyl (C=O) groups excluding carboxylic acids is 1. The third-order valence-corrected chi connectivity index (χ3v) is 2.32. The van der Waals surface area contributed by atoms with Crippen LogP contribution in [0.1, 0.15) is 34.8 Å². The Labute approximate surface area is 96.9 Å². The van der Waals surface area contributed by atoms with Gasteiger partial charge in [-0.3, -0.25) is 4.79 Å². The smallest absolute Gasteiger partial charge is 0.150 e. The molecule has 1 aromatic carbocycles. The maximum atomic E-state index is 10.8. The Hall–Kier alpha value is -1.57. The van der Waals surface area contributed by atoms with Crippen LogP contribution in [0.3, 0.4) is 0 Å². The maximum Gasteiger partial charge on any atom is 0.150 e. The van der Waals surface area contributed by atoms with E-state index in [0.717, 1.165) is 36.0 Å². The van der Waals surface area contributed by atoms with E-state index in [1.165, 1.54) is 0 Å². The van der Waals surface area contributed by atoms with Crippen LogP contribution < -0.4 is 4.74 Å². The van der Waals surface area contributed by atoms with Crippen LogP contribution in [0.4, 0.5) is 0 Å². The predicted octanol–water partition coefficient (Wildman–Crippen LogP) is 3.32. The lowest BCUT2D eigenvalue weighted by Gasteiger charge is -2.13. The quantitative estimate of drug-likeness (QED) is 0.541. The molecule has 0 aliphatic carbocycles. The van der Waals surface area contributed by atoms with E-state index in [9.17, 15) is 4.79 Å². The van der Waals surface area contributed by atoms with Crippen molar-refractivity contribution in [3.63, 3.8) is 0 Å². The van der Waals surface area contributed by atoms with Gasteiger partial charge in [-0.05, 0) is 43.0 Å². The number of carbonyl (C=O) groups is 1. The highest BCUT2D eigenvalue weighted by molar-refractivity contribution is 5.76. The minimum Gasteiger partial charge on any atom is -0.493 e. The molecule has 0 amide bonds. The molecule has 0 radical (unpaired) electrons. The van der Waals surface area contributed by atoms with Crippen molar-refractivity contribution in [3.05, 3.63) is 41.5 Å².